The Morgan fingerprint density at radius 3 is 2.72 bits per heavy atom. The Labute approximate surface area is 169 Å². The summed E-state index contributed by atoms with van der Waals surface area (Å²) in [6.45, 7) is 2.68. The van der Waals surface area contributed by atoms with Crippen molar-refractivity contribution in [3.05, 3.63) is 65.4 Å². The van der Waals surface area contributed by atoms with Crippen LogP contribution in [0.1, 0.15) is 39.6 Å². The molecule has 0 radical (unpaired) electrons. The van der Waals surface area contributed by atoms with Crippen molar-refractivity contribution in [2.75, 3.05) is 6.54 Å². The first-order chi connectivity index (χ1) is 14.0. The molecular weight excluding hydrogens is 367 g/mol. The molecular formula is C22H23BN2O4. The van der Waals surface area contributed by atoms with Crippen LogP contribution >= 0.6 is 0 Å². The third-order valence-electron chi connectivity index (χ3n) is 5.53. The molecule has 0 unspecified atom stereocenters. The van der Waals surface area contributed by atoms with Crippen LogP contribution in [0.5, 0.6) is 5.75 Å². The van der Waals surface area contributed by atoms with Gasteiger partial charge in [-0.3, -0.25) is 9.59 Å². The quantitative estimate of drug-likeness (QED) is 0.499. The van der Waals surface area contributed by atoms with Gasteiger partial charge in [0.15, 0.2) is 11.6 Å². The third kappa shape index (κ3) is 3.59. The number of benzene rings is 2. The third-order valence-corrected chi connectivity index (χ3v) is 5.53. The number of hydrogen-bond donors (Lipinski definition) is 2. The van der Waals surface area contributed by atoms with Crippen LogP contribution in [0.15, 0.2) is 48.7 Å². The minimum Gasteiger partial charge on any atom is -0.535 e. The summed E-state index contributed by atoms with van der Waals surface area (Å²) in [6.07, 6.45) is 2.58. The summed E-state index contributed by atoms with van der Waals surface area (Å²) in [5.74, 6) is -0.104. The predicted octanol–water partition coefficient (Wildman–Crippen LogP) is 2.86. The number of rotatable bonds is 6. The Balaban J connectivity index is 1.59. The lowest BCUT2D eigenvalue weighted by molar-refractivity contribution is 0.0972. The number of hydrogen-bond acceptors (Lipinski definition) is 5. The highest BCUT2D eigenvalue weighted by Gasteiger charge is 2.37. The molecule has 0 saturated carbocycles. The number of ketones is 2. The van der Waals surface area contributed by atoms with Crippen molar-refractivity contribution in [3.63, 3.8) is 0 Å². The van der Waals surface area contributed by atoms with Crippen LogP contribution in [0.3, 0.4) is 0 Å². The van der Waals surface area contributed by atoms with Crippen molar-refractivity contribution in [2.45, 2.75) is 32.1 Å². The summed E-state index contributed by atoms with van der Waals surface area (Å²) in [6, 6.07) is 12.9. The van der Waals surface area contributed by atoms with Crippen LogP contribution in [0, 0.1) is 0 Å². The lowest BCUT2D eigenvalue weighted by Gasteiger charge is -2.28. The van der Waals surface area contributed by atoms with E-state index >= 15 is 0 Å². The zero-order valence-corrected chi connectivity index (χ0v) is 16.3. The number of carbonyl (C=O) groups is 2. The van der Waals surface area contributed by atoms with Crippen molar-refractivity contribution in [2.24, 2.45) is 5.73 Å². The number of carbonyl (C=O) groups excluding carboxylic acids is 2. The van der Waals surface area contributed by atoms with Crippen molar-refractivity contribution >= 4 is 29.6 Å². The second kappa shape index (κ2) is 7.85. The van der Waals surface area contributed by atoms with Gasteiger partial charge >= 0.3 is 7.12 Å². The molecule has 0 saturated heterocycles. The van der Waals surface area contributed by atoms with Crippen LogP contribution in [0.25, 0.3) is 10.9 Å². The zero-order valence-electron chi connectivity index (χ0n) is 16.3. The average molecular weight is 390 g/mol. The maximum Gasteiger partial charge on any atom is 0.526 e. The van der Waals surface area contributed by atoms with Gasteiger partial charge in [0.2, 0.25) is 0 Å². The summed E-state index contributed by atoms with van der Waals surface area (Å²) in [4.78, 5) is 24.9. The molecule has 3 N–H and O–H groups in total. The summed E-state index contributed by atoms with van der Waals surface area (Å²) in [5.41, 5.74) is 8.57. The van der Waals surface area contributed by atoms with Gasteiger partial charge in [0, 0.05) is 48.0 Å². The van der Waals surface area contributed by atoms with Gasteiger partial charge in [0.25, 0.3) is 0 Å². The lowest BCUT2D eigenvalue weighted by atomic mass is 9.64. The van der Waals surface area contributed by atoms with E-state index in [9.17, 15) is 14.6 Å². The number of nitrogens with zero attached hydrogens (tertiary/aromatic N) is 1. The highest BCUT2D eigenvalue weighted by Crippen LogP contribution is 2.37. The minimum absolute atomic E-state index is 0.0417. The van der Waals surface area contributed by atoms with Gasteiger partial charge in [-0.1, -0.05) is 24.3 Å². The number of Topliss-reactive ketones (excluding diaryl/α,β-unsaturated/α-hetero) is 2. The standard InChI is InChI=1S/C22H23BN2O4/c1-14(26)17-5-2-4-15-12-16(23(28)29-22(15)17)13-21(27)19-6-3-7-20-18(19)8-10-25(20)11-9-24/h2-8,10,16,28H,9,11-13,24H2,1H3/t16-/m1/s1. The maximum atomic E-state index is 13.1. The van der Waals surface area contributed by atoms with Gasteiger partial charge in [-0.05, 0) is 37.1 Å². The van der Waals surface area contributed by atoms with Crippen molar-refractivity contribution in [1.29, 1.82) is 0 Å². The highest BCUT2D eigenvalue weighted by atomic mass is 16.5. The molecule has 1 aliphatic heterocycles. The van der Waals surface area contributed by atoms with E-state index in [0.29, 0.717) is 36.4 Å². The molecule has 3 aromatic rings. The molecule has 2 aromatic carbocycles. The highest BCUT2D eigenvalue weighted by molar-refractivity contribution is 6.47. The van der Waals surface area contributed by atoms with Crippen molar-refractivity contribution < 1.29 is 19.3 Å². The monoisotopic (exact) mass is 390 g/mol. The molecule has 4 rings (SSSR count). The first-order valence-corrected chi connectivity index (χ1v) is 9.78. The first kappa shape index (κ1) is 19.4. The minimum atomic E-state index is -1.13. The molecule has 1 aromatic heterocycles. The Hall–Kier alpha value is -2.90. The van der Waals surface area contributed by atoms with Gasteiger partial charge in [-0.15, -0.1) is 0 Å². The van der Waals surface area contributed by atoms with Crippen LogP contribution in [-0.4, -0.2) is 34.8 Å². The van der Waals surface area contributed by atoms with Crippen molar-refractivity contribution in [3.8, 4) is 5.75 Å². The average Bonchev–Trinajstić information content (AvgIpc) is 3.11. The van der Waals surface area contributed by atoms with Crippen molar-refractivity contribution in [1.82, 2.24) is 4.57 Å². The van der Waals surface area contributed by atoms with E-state index in [1.807, 2.05) is 41.1 Å². The fourth-order valence-electron chi connectivity index (χ4n) is 4.08. The van der Waals surface area contributed by atoms with E-state index in [1.165, 1.54) is 6.92 Å². The fourth-order valence-corrected chi connectivity index (χ4v) is 4.08. The van der Waals surface area contributed by atoms with E-state index in [0.717, 1.165) is 16.5 Å². The number of para-hydroxylation sites is 1. The van der Waals surface area contributed by atoms with Gasteiger partial charge < -0.3 is 20.0 Å². The lowest BCUT2D eigenvalue weighted by Crippen LogP contribution is -2.35. The van der Waals surface area contributed by atoms with E-state index < -0.39 is 7.12 Å². The van der Waals surface area contributed by atoms with Gasteiger partial charge in [0.1, 0.15) is 5.75 Å². The molecule has 1 aliphatic rings. The first-order valence-electron chi connectivity index (χ1n) is 9.78. The smallest absolute Gasteiger partial charge is 0.526 e. The van der Waals surface area contributed by atoms with Gasteiger partial charge in [-0.25, -0.2) is 0 Å². The molecule has 0 fully saturated rings. The molecule has 1 atom stereocenters. The Morgan fingerprint density at radius 2 is 1.97 bits per heavy atom. The largest absolute Gasteiger partial charge is 0.535 e. The zero-order chi connectivity index (χ0) is 20.5. The molecule has 6 nitrogen and oxygen atoms in total. The van der Waals surface area contributed by atoms with Crippen LogP contribution in [0.2, 0.25) is 5.82 Å². The Kier molecular flexibility index (Phi) is 5.26. The second-order valence-electron chi connectivity index (χ2n) is 7.49. The van der Waals surface area contributed by atoms with Gasteiger partial charge in [-0.2, -0.15) is 0 Å². The van der Waals surface area contributed by atoms with Crippen LogP contribution < -0.4 is 10.4 Å². The summed E-state index contributed by atoms with van der Waals surface area (Å²) in [7, 11) is -1.13. The molecule has 0 spiro atoms. The molecule has 0 bridgehead atoms. The van der Waals surface area contributed by atoms with E-state index in [4.69, 9.17) is 10.4 Å². The van der Waals surface area contributed by atoms with Gasteiger partial charge in [0.05, 0.1) is 5.56 Å². The SMILES string of the molecule is CC(=O)c1cccc2c1OB(O)[C@@H](CC(=O)c1cccc3c1ccn3CCN)C2. The molecule has 148 valence electrons. The maximum absolute atomic E-state index is 13.1. The molecule has 0 amide bonds. The Morgan fingerprint density at radius 1 is 1.21 bits per heavy atom. The molecule has 7 heteroatoms. The van der Waals surface area contributed by atoms with E-state index in [1.54, 1.807) is 12.1 Å². The fraction of sp³-hybridized carbons (Fsp3) is 0.273. The number of fused-ring (bicyclic) bond motifs is 2. The summed E-state index contributed by atoms with van der Waals surface area (Å²) >= 11 is 0. The summed E-state index contributed by atoms with van der Waals surface area (Å²) in [5, 5.41) is 11.4. The number of nitrogens with two attached hydrogens (primary N) is 1. The summed E-state index contributed by atoms with van der Waals surface area (Å²) < 4.78 is 7.69. The molecule has 0 aliphatic carbocycles. The molecule has 2 heterocycles. The topological polar surface area (TPSA) is 94.5 Å². The normalized spacial score (nSPS) is 15.8. The predicted molar refractivity (Wildman–Crippen MR) is 112 cm³/mol. The Bertz CT molecular complexity index is 1090. The second-order valence-corrected chi connectivity index (χ2v) is 7.49. The van der Waals surface area contributed by atoms with E-state index in [2.05, 4.69) is 0 Å². The van der Waals surface area contributed by atoms with Crippen LogP contribution in [-0.2, 0) is 13.0 Å². The van der Waals surface area contributed by atoms with Crippen LogP contribution in [0.4, 0.5) is 0 Å². The number of aromatic nitrogens is 1. The van der Waals surface area contributed by atoms with E-state index in [-0.39, 0.29) is 23.8 Å². The molecule has 29 heavy (non-hydrogen) atoms.